The van der Waals surface area contributed by atoms with E-state index in [0.717, 1.165) is 25.7 Å². The fourth-order valence-corrected chi connectivity index (χ4v) is 1.79. The Labute approximate surface area is 118 Å². The van der Waals surface area contributed by atoms with Crippen molar-refractivity contribution in [1.29, 1.82) is 0 Å². The highest BCUT2D eigenvalue weighted by atomic mass is 16.1. The first kappa shape index (κ1) is 17.8. The summed E-state index contributed by atoms with van der Waals surface area (Å²) >= 11 is 0. The Morgan fingerprint density at radius 1 is 0.789 bits per heavy atom. The standard InChI is InChI=1S/C17H28O2/c1-5-17(19)13-12-15(3)9-6-8-14(2)10-7-11-16(4)18/h9-10H,5-8,11-13H2,1-4H3/b14-10-,15-9-. The van der Waals surface area contributed by atoms with Crippen molar-refractivity contribution in [2.75, 3.05) is 0 Å². The summed E-state index contributed by atoms with van der Waals surface area (Å²) in [6, 6.07) is 0. The Hall–Kier alpha value is -1.18. The number of rotatable bonds is 10. The molecule has 0 amide bonds. The van der Waals surface area contributed by atoms with Crippen molar-refractivity contribution in [3.8, 4) is 0 Å². The molecule has 0 aliphatic heterocycles. The maximum absolute atomic E-state index is 11.2. The van der Waals surface area contributed by atoms with Crippen molar-refractivity contribution in [3.05, 3.63) is 23.3 Å². The van der Waals surface area contributed by atoms with Crippen molar-refractivity contribution in [2.45, 2.75) is 72.6 Å². The Morgan fingerprint density at radius 3 is 1.84 bits per heavy atom. The lowest BCUT2D eigenvalue weighted by Gasteiger charge is -2.02. The van der Waals surface area contributed by atoms with E-state index in [2.05, 4.69) is 26.0 Å². The largest absolute Gasteiger partial charge is 0.300 e. The lowest BCUT2D eigenvalue weighted by molar-refractivity contribution is -0.119. The van der Waals surface area contributed by atoms with Crippen LogP contribution >= 0.6 is 0 Å². The van der Waals surface area contributed by atoms with Crippen LogP contribution in [0.2, 0.25) is 0 Å². The number of allylic oxidation sites excluding steroid dienone is 4. The molecule has 19 heavy (non-hydrogen) atoms. The van der Waals surface area contributed by atoms with Crippen LogP contribution < -0.4 is 0 Å². The molecule has 0 rings (SSSR count). The third kappa shape index (κ3) is 11.6. The zero-order valence-corrected chi connectivity index (χ0v) is 12.9. The molecule has 0 radical (unpaired) electrons. The monoisotopic (exact) mass is 264 g/mol. The van der Waals surface area contributed by atoms with Crippen molar-refractivity contribution in [2.24, 2.45) is 0 Å². The first-order chi connectivity index (χ1) is 8.95. The highest BCUT2D eigenvalue weighted by molar-refractivity contribution is 5.78. The third-order valence-electron chi connectivity index (χ3n) is 3.21. The lowest BCUT2D eigenvalue weighted by Crippen LogP contribution is -1.94. The molecule has 0 saturated heterocycles. The van der Waals surface area contributed by atoms with E-state index < -0.39 is 0 Å². The van der Waals surface area contributed by atoms with Gasteiger partial charge in [0.25, 0.3) is 0 Å². The zero-order chi connectivity index (χ0) is 14.7. The third-order valence-corrected chi connectivity index (χ3v) is 3.21. The van der Waals surface area contributed by atoms with Crippen molar-refractivity contribution in [3.63, 3.8) is 0 Å². The van der Waals surface area contributed by atoms with E-state index in [4.69, 9.17) is 0 Å². The van der Waals surface area contributed by atoms with Crippen LogP contribution in [0.3, 0.4) is 0 Å². The van der Waals surface area contributed by atoms with E-state index in [1.54, 1.807) is 6.92 Å². The fraction of sp³-hybridized carbons (Fsp3) is 0.647. The molecular formula is C17H28O2. The van der Waals surface area contributed by atoms with Crippen molar-refractivity contribution < 1.29 is 9.59 Å². The maximum Gasteiger partial charge on any atom is 0.132 e. The van der Waals surface area contributed by atoms with Gasteiger partial charge in [-0.2, -0.15) is 0 Å². The summed E-state index contributed by atoms with van der Waals surface area (Å²) in [6.07, 6.45) is 10.2. The van der Waals surface area contributed by atoms with Gasteiger partial charge < -0.3 is 4.79 Å². The summed E-state index contributed by atoms with van der Waals surface area (Å²) < 4.78 is 0. The van der Waals surface area contributed by atoms with Crippen molar-refractivity contribution in [1.82, 2.24) is 0 Å². The van der Waals surface area contributed by atoms with Crippen LogP contribution in [0.25, 0.3) is 0 Å². The molecule has 0 saturated carbocycles. The quantitative estimate of drug-likeness (QED) is 0.532. The van der Waals surface area contributed by atoms with Crippen LogP contribution in [0.5, 0.6) is 0 Å². The second-order valence-electron chi connectivity index (χ2n) is 5.27. The topological polar surface area (TPSA) is 34.1 Å². The minimum Gasteiger partial charge on any atom is -0.300 e. The molecule has 0 heterocycles. The summed E-state index contributed by atoms with van der Waals surface area (Å²) in [5.74, 6) is 0.591. The van der Waals surface area contributed by atoms with Crippen LogP contribution in [0, 0.1) is 0 Å². The molecule has 0 aliphatic rings. The first-order valence-corrected chi connectivity index (χ1v) is 7.28. The van der Waals surface area contributed by atoms with Gasteiger partial charge in [-0.15, -0.1) is 0 Å². The van der Waals surface area contributed by atoms with Crippen LogP contribution in [-0.4, -0.2) is 11.6 Å². The molecule has 0 aromatic rings. The number of carbonyl (C=O) groups excluding carboxylic acids is 2. The normalized spacial score (nSPS) is 12.6. The van der Waals surface area contributed by atoms with Crippen LogP contribution in [0.1, 0.15) is 72.6 Å². The number of hydrogen-bond donors (Lipinski definition) is 0. The van der Waals surface area contributed by atoms with Gasteiger partial charge in [0.15, 0.2) is 0 Å². The summed E-state index contributed by atoms with van der Waals surface area (Å²) in [6.45, 7) is 7.76. The summed E-state index contributed by atoms with van der Waals surface area (Å²) in [4.78, 5) is 22.0. The summed E-state index contributed by atoms with van der Waals surface area (Å²) in [5, 5.41) is 0. The Morgan fingerprint density at radius 2 is 1.32 bits per heavy atom. The number of hydrogen-bond acceptors (Lipinski definition) is 2. The van der Waals surface area contributed by atoms with E-state index in [-0.39, 0.29) is 5.78 Å². The van der Waals surface area contributed by atoms with Gasteiger partial charge in [-0.25, -0.2) is 0 Å². The van der Waals surface area contributed by atoms with Gasteiger partial charge in [0.1, 0.15) is 11.6 Å². The second-order valence-corrected chi connectivity index (χ2v) is 5.27. The summed E-state index contributed by atoms with van der Waals surface area (Å²) in [5.41, 5.74) is 2.65. The molecule has 0 atom stereocenters. The molecule has 0 bridgehead atoms. The van der Waals surface area contributed by atoms with E-state index in [9.17, 15) is 9.59 Å². The second kappa shape index (κ2) is 10.7. The smallest absolute Gasteiger partial charge is 0.132 e. The van der Waals surface area contributed by atoms with Gasteiger partial charge in [-0.05, 0) is 46.5 Å². The van der Waals surface area contributed by atoms with E-state index in [0.29, 0.717) is 25.0 Å². The van der Waals surface area contributed by atoms with Gasteiger partial charge in [-0.1, -0.05) is 30.2 Å². The van der Waals surface area contributed by atoms with Gasteiger partial charge in [0.2, 0.25) is 0 Å². The highest BCUT2D eigenvalue weighted by Gasteiger charge is 1.98. The van der Waals surface area contributed by atoms with E-state index in [1.807, 2.05) is 6.92 Å². The Kier molecular flexibility index (Phi) is 10.1. The molecule has 0 aromatic carbocycles. The molecule has 0 fully saturated rings. The van der Waals surface area contributed by atoms with Crippen molar-refractivity contribution >= 4 is 11.6 Å². The molecule has 0 spiro atoms. The van der Waals surface area contributed by atoms with Gasteiger partial charge >= 0.3 is 0 Å². The molecular weight excluding hydrogens is 236 g/mol. The molecule has 0 aromatic heterocycles. The van der Waals surface area contributed by atoms with Crippen LogP contribution in [0.4, 0.5) is 0 Å². The number of Topliss-reactive ketones (excluding diaryl/α,β-unsaturated/α-hetero) is 2. The van der Waals surface area contributed by atoms with E-state index in [1.165, 1.54) is 11.1 Å². The van der Waals surface area contributed by atoms with Gasteiger partial charge in [0.05, 0.1) is 0 Å². The number of carbonyl (C=O) groups is 2. The van der Waals surface area contributed by atoms with Crippen LogP contribution in [-0.2, 0) is 9.59 Å². The number of ketones is 2. The summed E-state index contributed by atoms with van der Waals surface area (Å²) in [7, 11) is 0. The Balaban J connectivity index is 3.86. The predicted molar refractivity (Wildman–Crippen MR) is 81.2 cm³/mol. The average molecular weight is 264 g/mol. The molecule has 0 N–H and O–H groups in total. The molecule has 2 heteroatoms. The predicted octanol–water partition coefficient (Wildman–Crippen LogP) is 4.79. The molecule has 2 nitrogen and oxygen atoms in total. The molecule has 0 unspecified atom stereocenters. The minimum absolute atomic E-state index is 0.250. The molecule has 0 aliphatic carbocycles. The zero-order valence-electron chi connectivity index (χ0n) is 12.9. The van der Waals surface area contributed by atoms with Gasteiger partial charge in [-0.3, -0.25) is 4.79 Å². The van der Waals surface area contributed by atoms with Crippen LogP contribution in [0.15, 0.2) is 23.3 Å². The maximum atomic E-state index is 11.2. The first-order valence-electron chi connectivity index (χ1n) is 7.28. The Bertz CT molecular complexity index is 348. The highest BCUT2D eigenvalue weighted by Crippen LogP contribution is 2.11. The lowest BCUT2D eigenvalue weighted by atomic mass is 10.0. The van der Waals surface area contributed by atoms with E-state index >= 15 is 0 Å². The minimum atomic E-state index is 0.250. The SMILES string of the molecule is CCC(=O)CC/C(C)=C\CC/C(C)=C\CCC(C)=O. The molecule has 108 valence electrons. The average Bonchev–Trinajstić information content (AvgIpc) is 2.35. The fourth-order valence-electron chi connectivity index (χ4n) is 1.79. The van der Waals surface area contributed by atoms with Gasteiger partial charge in [0, 0.05) is 19.3 Å².